The predicted octanol–water partition coefficient (Wildman–Crippen LogP) is 2.29. The first-order valence-corrected chi connectivity index (χ1v) is 7.71. The van der Waals surface area contributed by atoms with Crippen molar-refractivity contribution in [3.05, 3.63) is 36.0 Å². The first-order chi connectivity index (χ1) is 10.8. The minimum absolute atomic E-state index is 0.113. The van der Waals surface area contributed by atoms with E-state index in [4.69, 9.17) is 9.47 Å². The molecule has 1 aliphatic heterocycles. The number of hydrogen-bond donors (Lipinski definition) is 1. The minimum atomic E-state index is 0.113. The number of carbonyl (C=O) groups is 1. The third-order valence-corrected chi connectivity index (χ3v) is 4.16. The van der Waals surface area contributed by atoms with Gasteiger partial charge in [0.2, 0.25) is 0 Å². The SMILES string of the molecule is COCCOC[C@H]1CCN(C(=O)c2ccc3[nH]ccc3c2)C1. The second-order valence-electron chi connectivity index (χ2n) is 5.75. The highest BCUT2D eigenvalue weighted by Crippen LogP contribution is 2.21. The maximum atomic E-state index is 12.6. The van der Waals surface area contributed by atoms with Crippen LogP contribution in [0.5, 0.6) is 0 Å². The fraction of sp³-hybridized carbons (Fsp3) is 0.471. The van der Waals surface area contributed by atoms with Crippen molar-refractivity contribution in [3.63, 3.8) is 0 Å². The Morgan fingerprint density at radius 2 is 2.27 bits per heavy atom. The molecule has 1 aliphatic rings. The van der Waals surface area contributed by atoms with E-state index >= 15 is 0 Å². The maximum Gasteiger partial charge on any atom is 0.253 e. The number of rotatable bonds is 6. The quantitative estimate of drug-likeness (QED) is 0.833. The topological polar surface area (TPSA) is 54.6 Å². The van der Waals surface area contributed by atoms with E-state index in [0.717, 1.165) is 36.0 Å². The standard InChI is InChI=1S/C17H22N2O3/c1-21-8-9-22-12-13-5-7-19(11-13)17(20)15-2-3-16-14(10-15)4-6-18-16/h2-4,6,10,13,18H,5,7-9,11-12H2,1H3/t13-/m0/s1. The van der Waals surface area contributed by atoms with Crippen LogP contribution in [0.25, 0.3) is 10.9 Å². The van der Waals surface area contributed by atoms with Crippen LogP contribution in [0.4, 0.5) is 0 Å². The van der Waals surface area contributed by atoms with Crippen molar-refractivity contribution in [1.29, 1.82) is 0 Å². The van der Waals surface area contributed by atoms with E-state index in [9.17, 15) is 4.79 Å². The van der Waals surface area contributed by atoms with E-state index in [1.807, 2.05) is 35.4 Å². The lowest BCUT2D eigenvalue weighted by Crippen LogP contribution is -2.29. The number of aromatic nitrogens is 1. The van der Waals surface area contributed by atoms with Crippen molar-refractivity contribution in [2.45, 2.75) is 6.42 Å². The van der Waals surface area contributed by atoms with E-state index in [-0.39, 0.29) is 5.91 Å². The number of benzene rings is 1. The highest BCUT2D eigenvalue weighted by atomic mass is 16.5. The van der Waals surface area contributed by atoms with Crippen LogP contribution in [0, 0.1) is 5.92 Å². The first kappa shape index (κ1) is 15.1. The Kier molecular flexibility index (Phi) is 4.75. The summed E-state index contributed by atoms with van der Waals surface area (Å²) in [6, 6.07) is 7.80. The molecule has 0 unspecified atom stereocenters. The van der Waals surface area contributed by atoms with Crippen LogP contribution in [-0.4, -0.2) is 55.8 Å². The molecule has 0 bridgehead atoms. The highest BCUT2D eigenvalue weighted by molar-refractivity contribution is 5.98. The molecule has 2 heterocycles. The summed E-state index contributed by atoms with van der Waals surface area (Å²) >= 11 is 0. The molecule has 0 radical (unpaired) electrons. The van der Waals surface area contributed by atoms with Gasteiger partial charge in [-0.05, 0) is 30.7 Å². The number of aromatic amines is 1. The van der Waals surface area contributed by atoms with Gasteiger partial charge in [-0.15, -0.1) is 0 Å². The molecule has 0 spiro atoms. The lowest BCUT2D eigenvalue weighted by atomic mass is 10.1. The van der Waals surface area contributed by atoms with Gasteiger partial charge in [0, 0.05) is 48.8 Å². The fourth-order valence-corrected chi connectivity index (χ4v) is 2.91. The summed E-state index contributed by atoms with van der Waals surface area (Å²) in [6.07, 6.45) is 2.90. The smallest absolute Gasteiger partial charge is 0.253 e. The molecule has 2 aromatic rings. The summed E-state index contributed by atoms with van der Waals surface area (Å²) in [5.74, 6) is 0.541. The van der Waals surface area contributed by atoms with Gasteiger partial charge < -0.3 is 19.4 Å². The van der Waals surface area contributed by atoms with E-state index < -0.39 is 0 Å². The average molecular weight is 302 g/mol. The van der Waals surface area contributed by atoms with Gasteiger partial charge in [-0.2, -0.15) is 0 Å². The number of fused-ring (bicyclic) bond motifs is 1. The normalized spacial score (nSPS) is 18.2. The van der Waals surface area contributed by atoms with E-state index in [1.54, 1.807) is 7.11 Å². The molecular formula is C17H22N2O3. The molecular weight excluding hydrogens is 280 g/mol. The number of hydrogen-bond acceptors (Lipinski definition) is 3. The Morgan fingerprint density at radius 3 is 3.14 bits per heavy atom. The van der Waals surface area contributed by atoms with Crippen molar-refractivity contribution < 1.29 is 14.3 Å². The molecule has 1 aromatic carbocycles. The third-order valence-electron chi connectivity index (χ3n) is 4.16. The molecule has 1 fully saturated rings. The van der Waals surface area contributed by atoms with Gasteiger partial charge in [0.15, 0.2) is 0 Å². The third kappa shape index (κ3) is 3.31. The van der Waals surface area contributed by atoms with Gasteiger partial charge in [0.05, 0.1) is 19.8 Å². The number of methoxy groups -OCH3 is 1. The molecule has 0 aliphatic carbocycles. The Balaban J connectivity index is 1.56. The lowest BCUT2D eigenvalue weighted by molar-refractivity contribution is 0.0515. The molecule has 1 amide bonds. The van der Waals surface area contributed by atoms with Gasteiger partial charge in [0.1, 0.15) is 0 Å². The van der Waals surface area contributed by atoms with Gasteiger partial charge >= 0.3 is 0 Å². The van der Waals surface area contributed by atoms with Gasteiger partial charge in [-0.25, -0.2) is 0 Å². The number of nitrogens with one attached hydrogen (secondary N) is 1. The maximum absolute atomic E-state index is 12.6. The van der Waals surface area contributed by atoms with Crippen molar-refractivity contribution in [1.82, 2.24) is 9.88 Å². The molecule has 5 nitrogen and oxygen atoms in total. The van der Waals surface area contributed by atoms with Crippen LogP contribution in [0.2, 0.25) is 0 Å². The molecule has 1 aromatic heterocycles. The van der Waals surface area contributed by atoms with E-state index in [2.05, 4.69) is 4.98 Å². The van der Waals surface area contributed by atoms with E-state index in [1.165, 1.54) is 0 Å². The molecule has 22 heavy (non-hydrogen) atoms. The summed E-state index contributed by atoms with van der Waals surface area (Å²) in [7, 11) is 1.67. The van der Waals surface area contributed by atoms with Gasteiger partial charge in [0.25, 0.3) is 5.91 Å². The number of H-pyrrole nitrogens is 1. The van der Waals surface area contributed by atoms with Gasteiger partial charge in [-0.1, -0.05) is 0 Å². The monoisotopic (exact) mass is 302 g/mol. The molecule has 1 N–H and O–H groups in total. The zero-order valence-electron chi connectivity index (χ0n) is 12.9. The summed E-state index contributed by atoms with van der Waals surface area (Å²) in [5.41, 5.74) is 1.82. The molecule has 1 atom stereocenters. The van der Waals surface area contributed by atoms with Crippen molar-refractivity contribution >= 4 is 16.8 Å². The number of carbonyl (C=O) groups excluding carboxylic acids is 1. The van der Waals surface area contributed by atoms with Crippen LogP contribution in [0.15, 0.2) is 30.5 Å². The second kappa shape index (κ2) is 6.94. The van der Waals surface area contributed by atoms with Crippen LogP contribution < -0.4 is 0 Å². The summed E-state index contributed by atoms with van der Waals surface area (Å²) in [5, 5.41) is 1.07. The summed E-state index contributed by atoms with van der Waals surface area (Å²) in [4.78, 5) is 17.7. The van der Waals surface area contributed by atoms with Crippen LogP contribution in [0.3, 0.4) is 0 Å². The van der Waals surface area contributed by atoms with Crippen LogP contribution in [0.1, 0.15) is 16.8 Å². The van der Waals surface area contributed by atoms with Crippen molar-refractivity contribution in [3.8, 4) is 0 Å². The number of amides is 1. The Labute approximate surface area is 130 Å². The zero-order chi connectivity index (χ0) is 15.4. The molecule has 5 heteroatoms. The Morgan fingerprint density at radius 1 is 1.36 bits per heavy atom. The largest absolute Gasteiger partial charge is 0.382 e. The zero-order valence-corrected chi connectivity index (χ0v) is 12.9. The molecule has 3 rings (SSSR count). The predicted molar refractivity (Wildman–Crippen MR) is 85.0 cm³/mol. The highest BCUT2D eigenvalue weighted by Gasteiger charge is 2.27. The summed E-state index contributed by atoms with van der Waals surface area (Å²) < 4.78 is 10.5. The van der Waals surface area contributed by atoms with E-state index in [0.29, 0.717) is 25.7 Å². The first-order valence-electron chi connectivity index (χ1n) is 7.71. The van der Waals surface area contributed by atoms with Crippen molar-refractivity contribution in [2.75, 3.05) is 40.0 Å². The second-order valence-corrected chi connectivity index (χ2v) is 5.75. The number of nitrogens with zero attached hydrogens (tertiary/aromatic N) is 1. The lowest BCUT2D eigenvalue weighted by Gasteiger charge is -2.17. The summed E-state index contributed by atoms with van der Waals surface area (Å²) in [6.45, 7) is 3.51. The minimum Gasteiger partial charge on any atom is -0.382 e. The number of ether oxygens (including phenoxy) is 2. The van der Waals surface area contributed by atoms with Gasteiger partial charge in [-0.3, -0.25) is 4.79 Å². The fourth-order valence-electron chi connectivity index (χ4n) is 2.91. The van der Waals surface area contributed by atoms with Crippen LogP contribution in [-0.2, 0) is 9.47 Å². The van der Waals surface area contributed by atoms with Crippen LogP contribution >= 0.6 is 0 Å². The Bertz CT molecular complexity index is 638. The molecule has 1 saturated heterocycles. The number of likely N-dealkylation sites (tertiary alicyclic amines) is 1. The average Bonchev–Trinajstić information content (AvgIpc) is 3.19. The molecule has 118 valence electrons. The van der Waals surface area contributed by atoms with Crippen molar-refractivity contribution in [2.24, 2.45) is 5.92 Å². The Hall–Kier alpha value is -1.85. The molecule has 0 saturated carbocycles.